The number of benzene rings is 1. The van der Waals surface area contributed by atoms with Crippen molar-refractivity contribution >= 4 is 22.6 Å². The molecule has 0 saturated heterocycles. The molecule has 1 aromatic carbocycles. The van der Waals surface area contributed by atoms with Gasteiger partial charge < -0.3 is 4.98 Å². The third kappa shape index (κ3) is 2.47. The van der Waals surface area contributed by atoms with Crippen molar-refractivity contribution in [3.8, 4) is 22.4 Å². The lowest BCUT2D eigenvalue weighted by Gasteiger charge is -2.05. The number of nitrogens with zero attached hydrogens (tertiary/aromatic N) is 2. The maximum Gasteiger partial charge on any atom is 0.129 e. The largest absolute Gasteiger partial charge is 0.353 e. The van der Waals surface area contributed by atoms with Crippen LogP contribution in [-0.4, -0.2) is 15.0 Å². The molecule has 0 radical (unpaired) electrons. The number of hydrogen-bond acceptors (Lipinski definition) is 2. The summed E-state index contributed by atoms with van der Waals surface area (Å²) >= 11 is 6.06. The predicted octanol–water partition coefficient (Wildman–Crippen LogP) is 5.08. The number of rotatable bonds is 2. The summed E-state index contributed by atoms with van der Waals surface area (Å²) in [4.78, 5) is 11.9. The van der Waals surface area contributed by atoms with Crippen molar-refractivity contribution in [2.24, 2.45) is 0 Å². The monoisotopic (exact) mass is 323 g/mol. The number of pyridine rings is 2. The molecule has 0 aliphatic heterocycles. The second-order valence-corrected chi connectivity index (χ2v) is 5.54. The first-order valence-electron chi connectivity index (χ1n) is 7.07. The van der Waals surface area contributed by atoms with E-state index < -0.39 is 0 Å². The first-order valence-corrected chi connectivity index (χ1v) is 7.45. The molecule has 112 valence electrons. The summed E-state index contributed by atoms with van der Waals surface area (Å²) in [6.07, 6.45) is 3.46. The molecule has 0 fully saturated rings. The molecule has 23 heavy (non-hydrogen) atoms. The van der Waals surface area contributed by atoms with E-state index in [1.165, 1.54) is 12.1 Å². The third-order valence-corrected chi connectivity index (χ3v) is 3.92. The molecule has 0 spiro atoms. The van der Waals surface area contributed by atoms with E-state index in [-0.39, 0.29) is 5.82 Å². The standard InChI is InChI=1S/C18H11ClFN3/c19-15-6-5-14-18(23-15)16(11-1-3-13(20)4-2-11)17(22-14)12-7-9-21-10-8-12/h1-10,22H. The molecule has 3 heterocycles. The van der Waals surface area contributed by atoms with Gasteiger partial charge in [-0.3, -0.25) is 4.98 Å². The molecule has 0 aliphatic carbocycles. The number of halogens is 2. The normalized spacial score (nSPS) is 11.0. The number of aromatic amines is 1. The quantitative estimate of drug-likeness (QED) is 0.522. The Morgan fingerprint density at radius 3 is 2.35 bits per heavy atom. The highest BCUT2D eigenvalue weighted by Crippen LogP contribution is 2.37. The van der Waals surface area contributed by atoms with Gasteiger partial charge in [0.15, 0.2) is 0 Å². The van der Waals surface area contributed by atoms with E-state index >= 15 is 0 Å². The number of hydrogen-bond donors (Lipinski definition) is 1. The van der Waals surface area contributed by atoms with Crippen LogP contribution in [0.5, 0.6) is 0 Å². The van der Waals surface area contributed by atoms with Crippen LogP contribution in [0.2, 0.25) is 5.15 Å². The summed E-state index contributed by atoms with van der Waals surface area (Å²) in [7, 11) is 0. The number of H-pyrrole nitrogens is 1. The van der Waals surface area contributed by atoms with Crippen LogP contribution in [0.1, 0.15) is 0 Å². The smallest absolute Gasteiger partial charge is 0.129 e. The molecule has 3 aromatic heterocycles. The highest BCUT2D eigenvalue weighted by atomic mass is 35.5. The minimum Gasteiger partial charge on any atom is -0.353 e. The third-order valence-electron chi connectivity index (χ3n) is 3.71. The Balaban J connectivity index is 2.06. The van der Waals surface area contributed by atoms with Gasteiger partial charge in [0.25, 0.3) is 0 Å². The van der Waals surface area contributed by atoms with E-state index in [2.05, 4.69) is 15.0 Å². The molecule has 4 rings (SSSR count). The average molecular weight is 324 g/mol. The Morgan fingerprint density at radius 2 is 1.61 bits per heavy atom. The van der Waals surface area contributed by atoms with Crippen LogP contribution >= 0.6 is 11.6 Å². The Bertz CT molecular complexity index is 979. The maximum absolute atomic E-state index is 13.3. The van der Waals surface area contributed by atoms with Crippen LogP contribution in [0.15, 0.2) is 60.9 Å². The number of nitrogens with one attached hydrogen (secondary N) is 1. The molecule has 0 unspecified atom stereocenters. The van der Waals surface area contributed by atoms with Gasteiger partial charge >= 0.3 is 0 Å². The summed E-state index contributed by atoms with van der Waals surface area (Å²) in [6.45, 7) is 0. The fourth-order valence-electron chi connectivity index (χ4n) is 2.68. The van der Waals surface area contributed by atoms with Gasteiger partial charge in [-0.05, 0) is 42.0 Å². The molecule has 0 atom stereocenters. The van der Waals surface area contributed by atoms with Crippen LogP contribution in [-0.2, 0) is 0 Å². The van der Waals surface area contributed by atoms with Gasteiger partial charge in [-0.15, -0.1) is 0 Å². The highest BCUT2D eigenvalue weighted by molar-refractivity contribution is 6.30. The van der Waals surface area contributed by atoms with Crippen LogP contribution in [0, 0.1) is 5.82 Å². The zero-order chi connectivity index (χ0) is 15.8. The summed E-state index contributed by atoms with van der Waals surface area (Å²) in [5, 5.41) is 0.418. The molecule has 0 bridgehead atoms. The summed E-state index contributed by atoms with van der Waals surface area (Å²) in [5.74, 6) is -0.273. The van der Waals surface area contributed by atoms with Gasteiger partial charge in [0.2, 0.25) is 0 Å². The fraction of sp³-hybridized carbons (Fsp3) is 0. The molecule has 0 amide bonds. The topological polar surface area (TPSA) is 41.6 Å². The van der Waals surface area contributed by atoms with Crippen molar-refractivity contribution in [2.75, 3.05) is 0 Å². The molecule has 5 heteroatoms. The summed E-state index contributed by atoms with van der Waals surface area (Å²) < 4.78 is 13.3. The Kier molecular flexibility index (Phi) is 3.32. The Labute approximate surface area is 136 Å². The lowest BCUT2D eigenvalue weighted by molar-refractivity contribution is 0.628. The van der Waals surface area contributed by atoms with Crippen LogP contribution in [0.25, 0.3) is 33.4 Å². The second-order valence-electron chi connectivity index (χ2n) is 5.15. The van der Waals surface area contributed by atoms with Crippen LogP contribution in [0.4, 0.5) is 4.39 Å². The minimum absolute atomic E-state index is 0.273. The summed E-state index contributed by atoms with van der Waals surface area (Å²) in [6, 6.07) is 13.8. The van der Waals surface area contributed by atoms with E-state index in [1.54, 1.807) is 30.6 Å². The molecule has 4 aromatic rings. The zero-order valence-electron chi connectivity index (χ0n) is 11.9. The van der Waals surface area contributed by atoms with E-state index in [4.69, 9.17) is 11.6 Å². The molecular formula is C18H11ClFN3. The van der Waals surface area contributed by atoms with Crippen molar-refractivity contribution < 1.29 is 4.39 Å². The maximum atomic E-state index is 13.3. The lowest BCUT2D eigenvalue weighted by Crippen LogP contribution is -1.85. The van der Waals surface area contributed by atoms with Crippen LogP contribution in [0.3, 0.4) is 0 Å². The van der Waals surface area contributed by atoms with Crippen LogP contribution < -0.4 is 0 Å². The van der Waals surface area contributed by atoms with Gasteiger partial charge in [0.1, 0.15) is 11.0 Å². The van der Waals surface area contributed by atoms with Gasteiger partial charge in [-0.25, -0.2) is 9.37 Å². The van der Waals surface area contributed by atoms with E-state index in [0.29, 0.717) is 5.15 Å². The van der Waals surface area contributed by atoms with Crippen molar-refractivity contribution in [3.05, 3.63) is 71.9 Å². The van der Waals surface area contributed by atoms with Gasteiger partial charge in [-0.1, -0.05) is 23.7 Å². The van der Waals surface area contributed by atoms with Crippen molar-refractivity contribution in [2.45, 2.75) is 0 Å². The minimum atomic E-state index is -0.273. The number of fused-ring (bicyclic) bond motifs is 1. The number of aromatic nitrogens is 3. The molecule has 0 saturated carbocycles. The lowest BCUT2D eigenvalue weighted by atomic mass is 10.0. The van der Waals surface area contributed by atoms with Gasteiger partial charge in [-0.2, -0.15) is 0 Å². The van der Waals surface area contributed by atoms with E-state index in [0.717, 1.165) is 33.4 Å². The van der Waals surface area contributed by atoms with E-state index in [1.807, 2.05) is 18.2 Å². The van der Waals surface area contributed by atoms with Crippen molar-refractivity contribution in [1.82, 2.24) is 15.0 Å². The summed E-state index contributed by atoms with van der Waals surface area (Å²) in [5.41, 5.74) is 5.29. The highest BCUT2D eigenvalue weighted by Gasteiger charge is 2.16. The average Bonchev–Trinajstić information content (AvgIpc) is 2.95. The molecule has 1 N–H and O–H groups in total. The molecular weight excluding hydrogens is 313 g/mol. The van der Waals surface area contributed by atoms with Crippen molar-refractivity contribution in [3.63, 3.8) is 0 Å². The Morgan fingerprint density at radius 1 is 0.870 bits per heavy atom. The first-order chi connectivity index (χ1) is 11.2. The Hall–Kier alpha value is -2.72. The van der Waals surface area contributed by atoms with Crippen molar-refractivity contribution in [1.29, 1.82) is 0 Å². The van der Waals surface area contributed by atoms with E-state index in [9.17, 15) is 4.39 Å². The molecule has 0 aliphatic rings. The first kappa shape index (κ1) is 13.9. The SMILES string of the molecule is Fc1ccc(-c2c(-c3ccncc3)[nH]c3ccc(Cl)nc23)cc1. The second kappa shape index (κ2) is 5.48. The molecule has 3 nitrogen and oxygen atoms in total. The zero-order valence-corrected chi connectivity index (χ0v) is 12.7. The van der Waals surface area contributed by atoms with Gasteiger partial charge in [0.05, 0.1) is 16.7 Å². The van der Waals surface area contributed by atoms with Gasteiger partial charge in [0, 0.05) is 23.5 Å². The fourth-order valence-corrected chi connectivity index (χ4v) is 2.82. The predicted molar refractivity (Wildman–Crippen MR) is 89.7 cm³/mol.